The molecule has 0 fully saturated rings. The summed E-state index contributed by atoms with van der Waals surface area (Å²) >= 11 is 0. The van der Waals surface area contributed by atoms with Gasteiger partial charge in [0.05, 0.1) is 27.7 Å². The lowest BCUT2D eigenvalue weighted by Crippen LogP contribution is -2.40. The van der Waals surface area contributed by atoms with Crippen molar-refractivity contribution in [2.75, 3.05) is 48.3 Å². The van der Waals surface area contributed by atoms with Gasteiger partial charge in [0.2, 0.25) is 0 Å². The summed E-state index contributed by atoms with van der Waals surface area (Å²) in [5.74, 6) is 0. The van der Waals surface area contributed by atoms with Gasteiger partial charge in [0, 0.05) is 6.54 Å². The average Bonchev–Trinajstić information content (AvgIpc) is 1.87. The Bertz CT molecular complexity index is 72.1. The van der Waals surface area contributed by atoms with Crippen LogP contribution >= 0.6 is 0 Å². The Morgan fingerprint density at radius 2 is 1.36 bits per heavy atom. The van der Waals surface area contributed by atoms with Gasteiger partial charge in [-0.05, 0) is 14.1 Å². The van der Waals surface area contributed by atoms with Crippen LogP contribution in [0.4, 0.5) is 0 Å². The highest BCUT2D eigenvalue weighted by Gasteiger charge is 2.05. The van der Waals surface area contributed by atoms with Gasteiger partial charge in [0.25, 0.3) is 0 Å². The zero-order valence-corrected chi connectivity index (χ0v) is 9.31. The summed E-state index contributed by atoms with van der Waals surface area (Å²) in [4.78, 5) is 2.21. The second kappa shape index (κ2) is 6.62. The van der Waals surface area contributed by atoms with Crippen molar-refractivity contribution in [1.82, 2.24) is 4.90 Å². The maximum Gasteiger partial charge on any atom is 0.0909 e. The molecule has 0 aliphatic heterocycles. The molecule has 0 N–H and O–H groups in total. The topological polar surface area (TPSA) is 3.24 Å². The van der Waals surface area contributed by atoms with E-state index in [4.69, 9.17) is 0 Å². The maximum absolute atomic E-state index is 2.21. The molecule has 0 rings (SSSR count). The number of rotatable bonds is 3. The maximum atomic E-state index is 2.21. The van der Waals surface area contributed by atoms with Gasteiger partial charge in [-0.2, -0.15) is 0 Å². The Balaban J connectivity index is 0. The first-order valence-corrected chi connectivity index (χ1v) is 4.37. The molecule has 2 heteroatoms. The lowest BCUT2D eigenvalue weighted by Gasteiger charge is -2.25. The van der Waals surface area contributed by atoms with E-state index in [1.807, 2.05) is 13.8 Å². The van der Waals surface area contributed by atoms with Crippen LogP contribution in [-0.2, 0) is 0 Å². The monoisotopic (exact) mass is 161 g/mol. The average molecular weight is 161 g/mol. The molecule has 0 saturated carbocycles. The van der Waals surface area contributed by atoms with Crippen LogP contribution in [-0.4, -0.2) is 57.7 Å². The van der Waals surface area contributed by atoms with E-state index in [1.54, 1.807) is 0 Å². The molecule has 0 aliphatic rings. The zero-order chi connectivity index (χ0) is 9.49. The predicted octanol–water partition coefficient (Wildman–Crippen LogP) is 1.28. The standard InChI is InChI=1S/C7H19N2.C2H6/c1-8(2)6-7-9(3,4)5;1-2/h6-7H2,1-5H3;1-2H3/q+1;. The van der Waals surface area contributed by atoms with Crippen LogP contribution in [0, 0.1) is 0 Å². The minimum atomic E-state index is 1.05. The molecule has 70 valence electrons. The van der Waals surface area contributed by atoms with Crippen molar-refractivity contribution in [3.8, 4) is 0 Å². The summed E-state index contributed by atoms with van der Waals surface area (Å²) in [5, 5.41) is 0. The van der Waals surface area contributed by atoms with Crippen molar-refractivity contribution in [3.05, 3.63) is 0 Å². The van der Waals surface area contributed by atoms with Crippen LogP contribution in [0.5, 0.6) is 0 Å². The lowest BCUT2D eigenvalue weighted by molar-refractivity contribution is -0.869. The van der Waals surface area contributed by atoms with Crippen LogP contribution in [0.3, 0.4) is 0 Å². The van der Waals surface area contributed by atoms with Crippen molar-refractivity contribution in [2.24, 2.45) is 0 Å². The molecule has 0 unspecified atom stereocenters. The normalized spacial score (nSPS) is 10.9. The van der Waals surface area contributed by atoms with Crippen LogP contribution in [0.1, 0.15) is 13.8 Å². The Morgan fingerprint density at radius 1 is 1.00 bits per heavy atom. The third kappa shape index (κ3) is 17.8. The highest BCUT2D eigenvalue weighted by atomic mass is 15.3. The molecule has 0 aromatic rings. The minimum Gasteiger partial charge on any atom is -0.330 e. The third-order valence-corrected chi connectivity index (χ3v) is 1.22. The Kier molecular flexibility index (Phi) is 8.13. The van der Waals surface area contributed by atoms with Gasteiger partial charge in [-0.1, -0.05) is 13.8 Å². The van der Waals surface area contributed by atoms with Crippen LogP contribution in [0.2, 0.25) is 0 Å². The zero-order valence-electron chi connectivity index (χ0n) is 9.31. The molecule has 0 atom stereocenters. The summed E-state index contributed by atoms with van der Waals surface area (Å²) in [7, 11) is 10.8. The van der Waals surface area contributed by atoms with Crippen molar-refractivity contribution >= 4 is 0 Å². The second-order valence-corrected chi connectivity index (χ2v) is 3.82. The Hall–Kier alpha value is -0.0800. The van der Waals surface area contributed by atoms with Gasteiger partial charge in [0.15, 0.2) is 0 Å². The van der Waals surface area contributed by atoms with Crippen LogP contribution in [0.15, 0.2) is 0 Å². The number of hydrogen-bond donors (Lipinski definition) is 0. The lowest BCUT2D eigenvalue weighted by atomic mass is 10.5. The van der Waals surface area contributed by atoms with E-state index in [1.165, 1.54) is 13.1 Å². The van der Waals surface area contributed by atoms with Gasteiger partial charge in [0.1, 0.15) is 0 Å². The number of hydrogen-bond acceptors (Lipinski definition) is 1. The molecule has 0 radical (unpaired) electrons. The molecule has 0 bridgehead atoms. The van der Waals surface area contributed by atoms with Gasteiger partial charge in [-0.3, -0.25) is 0 Å². The number of quaternary nitrogens is 1. The smallest absolute Gasteiger partial charge is 0.0909 e. The largest absolute Gasteiger partial charge is 0.330 e. The van der Waals surface area contributed by atoms with E-state index >= 15 is 0 Å². The summed E-state index contributed by atoms with van der Waals surface area (Å²) in [6.45, 7) is 6.39. The minimum absolute atomic E-state index is 1.05. The van der Waals surface area contributed by atoms with E-state index in [0.717, 1.165) is 4.48 Å². The van der Waals surface area contributed by atoms with Gasteiger partial charge < -0.3 is 9.38 Å². The van der Waals surface area contributed by atoms with Gasteiger partial charge >= 0.3 is 0 Å². The Labute approximate surface area is 72.4 Å². The van der Waals surface area contributed by atoms with Crippen molar-refractivity contribution < 1.29 is 4.48 Å². The Morgan fingerprint density at radius 3 is 1.45 bits per heavy atom. The number of nitrogens with zero attached hydrogens (tertiary/aromatic N) is 2. The molecule has 11 heavy (non-hydrogen) atoms. The third-order valence-electron chi connectivity index (χ3n) is 1.22. The van der Waals surface area contributed by atoms with Gasteiger partial charge in [-0.25, -0.2) is 0 Å². The van der Waals surface area contributed by atoms with E-state index in [2.05, 4.69) is 40.1 Å². The van der Waals surface area contributed by atoms with Crippen molar-refractivity contribution in [3.63, 3.8) is 0 Å². The second-order valence-electron chi connectivity index (χ2n) is 3.82. The molecule has 0 spiro atoms. The summed E-state index contributed by atoms with van der Waals surface area (Å²) in [5.41, 5.74) is 0. The molecular formula is C9H25N2+. The first-order valence-electron chi connectivity index (χ1n) is 4.37. The first-order chi connectivity index (χ1) is 4.92. The molecule has 2 nitrogen and oxygen atoms in total. The highest BCUT2D eigenvalue weighted by molar-refractivity contribution is 4.38. The van der Waals surface area contributed by atoms with Crippen molar-refractivity contribution in [1.29, 1.82) is 0 Å². The molecule has 0 heterocycles. The van der Waals surface area contributed by atoms with E-state index in [9.17, 15) is 0 Å². The summed E-state index contributed by atoms with van der Waals surface area (Å²) in [6.07, 6.45) is 0. The van der Waals surface area contributed by atoms with Crippen LogP contribution < -0.4 is 0 Å². The fourth-order valence-electron chi connectivity index (χ4n) is 0.500. The quantitative estimate of drug-likeness (QED) is 0.564. The molecule has 0 amide bonds. The molecule has 0 aliphatic carbocycles. The highest BCUT2D eigenvalue weighted by Crippen LogP contribution is 1.88. The molecule has 0 aromatic heterocycles. The van der Waals surface area contributed by atoms with Gasteiger partial charge in [-0.15, -0.1) is 0 Å². The fraction of sp³-hybridized carbons (Fsp3) is 1.00. The summed E-state index contributed by atoms with van der Waals surface area (Å²) < 4.78 is 1.05. The summed E-state index contributed by atoms with van der Waals surface area (Å²) in [6, 6.07) is 0. The van der Waals surface area contributed by atoms with E-state index < -0.39 is 0 Å². The fourth-order valence-corrected chi connectivity index (χ4v) is 0.500. The molecular weight excluding hydrogens is 136 g/mol. The predicted molar refractivity (Wildman–Crippen MR) is 52.8 cm³/mol. The van der Waals surface area contributed by atoms with E-state index in [-0.39, 0.29) is 0 Å². The first kappa shape index (κ1) is 13.5. The molecule has 0 saturated heterocycles. The van der Waals surface area contributed by atoms with Crippen LogP contribution in [0.25, 0.3) is 0 Å². The number of likely N-dealkylation sites (N-methyl/N-ethyl adjacent to an activating group) is 2. The SMILES string of the molecule is CC.CN(C)CC[N+](C)(C)C. The van der Waals surface area contributed by atoms with Crippen molar-refractivity contribution in [2.45, 2.75) is 13.8 Å². The molecule has 0 aromatic carbocycles. The van der Waals surface area contributed by atoms with E-state index in [0.29, 0.717) is 0 Å².